The van der Waals surface area contributed by atoms with E-state index in [4.69, 9.17) is 0 Å². The topological polar surface area (TPSA) is 93.7 Å². The molecule has 1 unspecified atom stereocenters. The van der Waals surface area contributed by atoms with Crippen LogP contribution in [-0.2, 0) is 14.3 Å². The highest BCUT2D eigenvalue weighted by atomic mass is 16.5. The summed E-state index contributed by atoms with van der Waals surface area (Å²) < 4.78 is 9.32. The van der Waals surface area contributed by atoms with Crippen molar-refractivity contribution in [2.24, 2.45) is 0 Å². The van der Waals surface area contributed by atoms with Crippen molar-refractivity contribution in [2.45, 2.75) is 25.3 Å². The highest BCUT2D eigenvalue weighted by Gasteiger charge is 2.19. The normalized spacial score (nSPS) is 16.7. The fourth-order valence-corrected chi connectivity index (χ4v) is 2.54. The number of ether oxygens (including phenoxy) is 2. The second kappa shape index (κ2) is 7.73. The number of nitrogens with one attached hydrogen (secondary N) is 2. The lowest BCUT2D eigenvalue weighted by atomic mass is 10.1. The van der Waals surface area contributed by atoms with Crippen molar-refractivity contribution < 1.29 is 23.9 Å². The Morgan fingerprint density at radius 3 is 2.22 bits per heavy atom. The summed E-state index contributed by atoms with van der Waals surface area (Å²) in [6.07, 6.45) is 2.36. The monoisotopic (exact) mass is 320 g/mol. The number of carbonyl (C=O) groups excluding carboxylic acids is 3. The molecule has 124 valence electrons. The third kappa shape index (κ3) is 4.53. The first kappa shape index (κ1) is 17.0. The zero-order chi connectivity index (χ0) is 16.8. The molecule has 0 radical (unpaired) electrons. The number of rotatable bonds is 5. The minimum absolute atomic E-state index is 0.166. The van der Waals surface area contributed by atoms with Crippen LogP contribution in [0.4, 0.5) is 5.69 Å². The summed E-state index contributed by atoms with van der Waals surface area (Å²) >= 11 is 0. The molecule has 1 aliphatic heterocycles. The second-order valence-corrected chi connectivity index (χ2v) is 5.33. The SMILES string of the molecule is COC(=O)c1cc(NC(=O)CC2CCCN2)cc(C(=O)OC)c1. The Labute approximate surface area is 134 Å². The average Bonchev–Trinajstić information content (AvgIpc) is 3.05. The van der Waals surface area contributed by atoms with Gasteiger partial charge in [-0.05, 0) is 37.6 Å². The Balaban J connectivity index is 2.16. The molecule has 0 aliphatic carbocycles. The third-order valence-corrected chi connectivity index (χ3v) is 3.65. The maximum atomic E-state index is 12.1. The van der Waals surface area contributed by atoms with Gasteiger partial charge in [-0.25, -0.2) is 9.59 Å². The molecule has 0 aromatic heterocycles. The summed E-state index contributed by atoms with van der Waals surface area (Å²) in [4.78, 5) is 35.5. The molecule has 1 atom stereocenters. The molecule has 1 aromatic rings. The van der Waals surface area contributed by atoms with E-state index >= 15 is 0 Å². The van der Waals surface area contributed by atoms with Crippen LogP contribution in [0.2, 0.25) is 0 Å². The molecule has 1 amide bonds. The van der Waals surface area contributed by atoms with Gasteiger partial charge in [0.2, 0.25) is 5.91 Å². The lowest BCUT2D eigenvalue weighted by molar-refractivity contribution is -0.116. The zero-order valence-corrected chi connectivity index (χ0v) is 13.2. The molecular formula is C16H20N2O5. The largest absolute Gasteiger partial charge is 0.465 e. The standard InChI is InChI=1S/C16H20N2O5/c1-22-15(20)10-6-11(16(21)23-2)8-13(7-10)18-14(19)9-12-4-3-5-17-12/h6-8,12,17H,3-5,9H2,1-2H3,(H,18,19). The van der Waals surface area contributed by atoms with Crippen molar-refractivity contribution in [3.63, 3.8) is 0 Å². The molecule has 1 saturated heterocycles. The summed E-state index contributed by atoms with van der Waals surface area (Å²) in [5.41, 5.74) is 0.700. The van der Waals surface area contributed by atoms with Crippen LogP contribution in [0.15, 0.2) is 18.2 Å². The second-order valence-electron chi connectivity index (χ2n) is 5.33. The maximum Gasteiger partial charge on any atom is 0.337 e. The Morgan fingerprint density at radius 1 is 1.13 bits per heavy atom. The number of methoxy groups -OCH3 is 2. The van der Waals surface area contributed by atoms with Crippen LogP contribution in [0.25, 0.3) is 0 Å². The van der Waals surface area contributed by atoms with Crippen molar-refractivity contribution in [2.75, 3.05) is 26.1 Å². The zero-order valence-electron chi connectivity index (χ0n) is 13.2. The number of hydrogen-bond acceptors (Lipinski definition) is 6. The Bertz CT molecular complexity index is 574. The van der Waals surface area contributed by atoms with Gasteiger partial charge in [0.25, 0.3) is 0 Å². The van der Waals surface area contributed by atoms with Gasteiger partial charge in [-0.3, -0.25) is 4.79 Å². The van der Waals surface area contributed by atoms with Gasteiger partial charge >= 0.3 is 11.9 Å². The van der Waals surface area contributed by atoms with E-state index in [1.54, 1.807) is 0 Å². The molecule has 0 spiro atoms. The van der Waals surface area contributed by atoms with Crippen LogP contribution in [0.3, 0.4) is 0 Å². The smallest absolute Gasteiger partial charge is 0.337 e. The molecule has 7 heteroatoms. The summed E-state index contributed by atoms with van der Waals surface area (Å²) in [7, 11) is 2.49. The summed E-state index contributed by atoms with van der Waals surface area (Å²) in [5, 5.41) is 5.95. The number of anilines is 1. The van der Waals surface area contributed by atoms with Crippen LogP contribution in [-0.4, -0.2) is 44.7 Å². The highest BCUT2D eigenvalue weighted by molar-refractivity contribution is 5.99. The summed E-state index contributed by atoms with van der Waals surface area (Å²) in [5.74, 6) is -1.37. The van der Waals surface area contributed by atoms with E-state index in [1.807, 2.05) is 0 Å². The molecule has 2 N–H and O–H groups in total. The quantitative estimate of drug-likeness (QED) is 0.795. The van der Waals surface area contributed by atoms with E-state index in [2.05, 4.69) is 20.1 Å². The Kier molecular flexibility index (Phi) is 5.70. The van der Waals surface area contributed by atoms with Crippen molar-refractivity contribution in [1.29, 1.82) is 0 Å². The van der Waals surface area contributed by atoms with E-state index in [0.29, 0.717) is 12.1 Å². The first-order valence-electron chi connectivity index (χ1n) is 7.38. The van der Waals surface area contributed by atoms with Crippen molar-refractivity contribution in [3.05, 3.63) is 29.3 Å². The van der Waals surface area contributed by atoms with Gasteiger partial charge in [-0.2, -0.15) is 0 Å². The van der Waals surface area contributed by atoms with E-state index in [1.165, 1.54) is 32.4 Å². The van der Waals surface area contributed by atoms with E-state index in [0.717, 1.165) is 19.4 Å². The van der Waals surface area contributed by atoms with Gasteiger partial charge in [0.15, 0.2) is 0 Å². The predicted octanol–water partition coefficient (Wildman–Crippen LogP) is 1.34. The number of benzene rings is 1. The first-order chi connectivity index (χ1) is 11.0. The average molecular weight is 320 g/mol. The number of esters is 2. The lowest BCUT2D eigenvalue weighted by Gasteiger charge is -2.12. The molecule has 0 bridgehead atoms. The minimum atomic E-state index is -0.594. The molecule has 7 nitrogen and oxygen atoms in total. The van der Waals surface area contributed by atoms with Gasteiger partial charge in [0.1, 0.15) is 0 Å². The van der Waals surface area contributed by atoms with Crippen LogP contribution in [0.1, 0.15) is 40.0 Å². The molecular weight excluding hydrogens is 300 g/mol. The maximum absolute atomic E-state index is 12.1. The number of amides is 1. The molecule has 2 rings (SSSR count). The predicted molar refractivity (Wildman–Crippen MR) is 83.4 cm³/mol. The van der Waals surface area contributed by atoms with E-state index < -0.39 is 11.9 Å². The summed E-state index contributed by atoms with van der Waals surface area (Å²) in [6, 6.07) is 4.47. The van der Waals surface area contributed by atoms with Gasteiger partial charge in [0, 0.05) is 18.2 Å². The Morgan fingerprint density at radius 2 is 1.74 bits per heavy atom. The lowest BCUT2D eigenvalue weighted by Crippen LogP contribution is -2.27. The first-order valence-corrected chi connectivity index (χ1v) is 7.38. The van der Waals surface area contributed by atoms with Gasteiger partial charge in [-0.15, -0.1) is 0 Å². The molecule has 1 aliphatic rings. The van der Waals surface area contributed by atoms with E-state index in [-0.39, 0.29) is 23.1 Å². The molecule has 1 heterocycles. The van der Waals surface area contributed by atoms with Crippen LogP contribution in [0.5, 0.6) is 0 Å². The van der Waals surface area contributed by atoms with Crippen molar-refractivity contribution in [3.8, 4) is 0 Å². The van der Waals surface area contributed by atoms with E-state index in [9.17, 15) is 14.4 Å². The Hall–Kier alpha value is -2.41. The third-order valence-electron chi connectivity index (χ3n) is 3.65. The summed E-state index contributed by atoms with van der Waals surface area (Å²) in [6.45, 7) is 0.919. The van der Waals surface area contributed by atoms with Gasteiger partial charge in [0.05, 0.1) is 25.3 Å². The van der Waals surface area contributed by atoms with Gasteiger partial charge in [-0.1, -0.05) is 0 Å². The number of hydrogen-bond donors (Lipinski definition) is 2. The van der Waals surface area contributed by atoms with Crippen LogP contribution in [0, 0.1) is 0 Å². The van der Waals surface area contributed by atoms with Gasteiger partial charge < -0.3 is 20.1 Å². The molecule has 1 fully saturated rings. The highest BCUT2D eigenvalue weighted by Crippen LogP contribution is 2.18. The van der Waals surface area contributed by atoms with Crippen LogP contribution < -0.4 is 10.6 Å². The minimum Gasteiger partial charge on any atom is -0.465 e. The van der Waals surface area contributed by atoms with Crippen molar-refractivity contribution in [1.82, 2.24) is 5.32 Å². The fourth-order valence-electron chi connectivity index (χ4n) is 2.54. The fraction of sp³-hybridized carbons (Fsp3) is 0.438. The molecule has 1 aromatic carbocycles. The van der Waals surface area contributed by atoms with Crippen LogP contribution >= 0.6 is 0 Å². The number of carbonyl (C=O) groups is 3. The molecule has 23 heavy (non-hydrogen) atoms. The van der Waals surface area contributed by atoms with Crippen molar-refractivity contribution >= 4 is 23.5 Å². The molecule has 0 saturated carbocycles.